The second-order valence-corrected chi connectivity index (χ2v) is 3.23. The van der Waals surface area contributed by atoms with Gasteiger partial charge < -0.3 is 4.98 Å². The highest BCUT2D eigenvalue weighted by Gasteiger charge is 2.10. The second kappa shape index (κ2) is 5.91. The molecule has 2 aromatic rings. The van der Waals surface area contributed by atoms with Crippen molar-refractivity contribution in [3.05, 3.63) is 59.4 Å². The molecule has 0 bridgehead atoms. The minimum Gasteiger partial charge on any atom is -0.359 e. The van der Waals surface area contributed by atoms with E-state index in [1.54, 1.807) is 12.3 Å². The summed E-state index contributed by atoms with van der Waals surface area (Å²) < 4.78 is 0. The molecule has 1 heterocycles. The Hall–Kier alpha value is -1.83. The van der Waals surface area contributed by atoms with Gasteiger partial charge >= 0.3 is 0 Å². The fourth-order valence-electron chi connectivity index (χ4n) is 1.44. The van der Waals surface area contributed by atoms with Crippen molar-refractivity contribution >= 4 is 5.78 Å². The lowest BCUT2D eigenvalue weighted by atomic mass is 10.0. The highest BCUT2D eigenvalue weighted by molar-refractivity contribution is 6.08. The van der Waals surface area contributed by atoms with E-state index in [4.69, 9.17) is 0 Å². The minimum absolute atomic E-state index is 0.0492. The van der Waals surface area contributed by atoms with Crippen LogP contribution < -0.4 is 0 Å². The van der Waals surface area contributed by atoms with Gasteiger partial charge in [0.15, 0.2) is 0 Å². The third-order valence-electron chi connectivity index (χ3n) is 2.23. The number of carbonyl (C=O) groups excluding carboxylic acids is 1. The molecule has 0 aliphatic rings. The summed E-state index contributed by atoms with van der Waals surface area (Å²) in [6.45, 7) is 5.94. The van der Waals surface area contributed by atoms with Crippen LogP contribution in [0.3, 0.4) is 0 Å². The average molecular weight is 215 g/mol. The predicted octanol–water partition coefficient (Wildman–Crippen LogP) is 3.58. The molecule has 0 saturated heterocycles. The normalized spacial score (nSPS) is 9.19. The molecule has 0 unspecified atom stereocenters. The number of hydrogen-bond donors (Lipinski definition) is 1. The fraction of sp³-hybridized carbons (Fsp3) is 0.214. The van der Waals surface area contributed by atoms with Crippen molar-refractivity contribution < 1.29 is 4.79 Å². The number of hydrogen-bond acceptors (Lipinski definition) is 1. The maximum Gasteiger partial charge on any atom is 0.209 e. The summed E-state index contributed by atoms with van der Waals surface area (Å²) in [5.74, 6) is 0.0492. The van der Waals surface area contributed by atoms with Gasteiger partial charge in [0.25, 0.3) is 0 Å². The standard InChI is InChI=1S/C12H11NO.C2H6/c1-9-5-2-3-6-10(9)12(14)11-7-4-8-13-11;1-2/h2-8,13H,1H3;1-2H3. The van der Waals surface area contributed by atoms with E-state index in [1.165, 1.54) is 0 Å². The van der Waals surface area contributed by atoms with Crippen LogP contribution in [0.1, 0.15) is 35.5 Å². The molecule has 0 aliphatic heterocycles. The lowest BCUT2D eigenvalue weighted by Crippen LogP contribution is -2.03. The smallest absolute Gasteiger partial charge is 0.209 e. The first-order valence-corrected chi connectivity index (χ1v) is 5.53. The summed E-state index contributed by atoms with van der Waals surface area (Å²) >= 11 is 0. The molecule has 0 radical (unpaired) electrons. The topological polar surface area (TPSA) is 32.9 Å². The van der Waals surface area contributed by atoms with Gasteiger partial charge in [0.05, 0.1) is 5.69 Å². The molecule has 2 rings (SSSR count). The molecular weight excluding hydrogens is 198 g/mol. The Morgan fingerprint density at radius 3 is 2.31 bits per heavy atom. The molecule has 1 aromatic carbocycles. The zero-order valence-electron chi connectivity index (χ0n) is 9.95. The maximum absolute atomic E-state index is 11.9. The van der Waals surface area contributed by atoms with Gasteiger partial charge in [0.1, 0.15) is 0 Å². The van der Waals surface area contributed by atoms with Gasteiger partial charge in [-0.05, 0) is 24.6 Å². The Kier molecular flexibility index (Phi) is 4.52. The van der Waals surface area contributed by atoms with Crippen molar-refractivity contribution in [3.8, 4) is 0 Å². The summed E-state index contributed by atoms with van der Waals surface area (Å²) in [5.41, 5.74) is 2.40. The van der Waals surface area contributed by atoms with Crippen LogP contribution >= 0.6 is 0 Å². The molecule has 0 aliphatic carbocycles. The van der Waals surface area contributed by atoms with E-state index >= 15 is 0 Å². The van der Waals surface area contributed by atoms with Crippen LogP contribution in [0.15, 0.2) is 42.6 Å². The molecule has 0 spiro atoms. The first kappa shape index (κ1) is 12.2. The quantitative estimate of drug-likeness (QED) is 0.763. The number of nitrogens with one attached hydrogen (secondary N) is 1. The summed E-state index contributed by atoms with van der Waals surface area (Å²) in [7, 11) is 0. The number of aromatic nitrogens is 1. The molecule has 1 aromatic heterocycles. The van der Waals surface area contributed by atoms with Crippen molar-refractivity contribution in [2.45, 2.75) is 20.8 Å². The molecule has 16 heavy (non-hydrogen) atoms. The molecule has 84 valence electrons. The molecule has 0 fully saturated rings. The van der Waals surface area contributed by atoms with Crippen LogP contribution in [0.25, 0.3) is 0 Å². The Morgan fingerprint density at radius 1 is 1.06 bits per heavy atom. The first-order chi connectivity index (χ1) is 7.79. The zero-order chi connectivity index (χ0) is 12.0. The van der Waals surface area contributed by atoms with Gasteiger partial charge in [-0.2, -0.15) is 0 Å². The van der Waals surface area contributed by atoms with Gasteiger partial charge in [-0.25, -0.2) is 0 Å². The predicted molar refractivity (Wildman–Crippen MR) is 66.8 cm³/mol. The molecule has 0 atom stereocenters. The lowest BCUT2D eigenvalue weighted by molar-refractivity contribution is 0.103. The maximum atomic E-state index is 11.9. The second-order valence-electron chi connectivity index (χ2n) is 3.23. The monoisotopic (exact) mass is 215 g/mol. The lowest BCUT2D eigenvalue weighted by Gasteiger charge is -2.01. The van der Waals surface area contributed by atoms with Crippen LogP contribution in [-0.2, 0) is 0 Å². The van der Waals surface area contributed by atoms with Gasteiger partial charge in [-0.3, -0.25) is 4.79 Å². The van der Waals surface area contributed by atoms with Crippen molar-refractivity contribution in [3.63, 3.8) is 0 Å². The molecule has 0 saturated carbocycles. The van der Waals surface area contributed by atoms with Crippen molar-refractivity contribution in [2.24, 2.45) is 0 Å². The van der Waals surface area contributed by atoms with E-state index < -0.39 is 0 Å². The third-order valence-corrected chi connectivity index (χ3v) is 2.23. The molecular formula is C14H17NO. The van der Waals surface area contributed by atoms with Crippen molar-refractivity contribution in [1.82, 2.24) is 4.98 Å². The van der Waals surface area contributed by atoms with Gasteiger partial charge in [0.2, 0.25) is 5.78 Å². The van der Waals surface area contributed by atoms with Crippen LogP contribution in [0.4, 0.5) is 0 Å². The summed E-state index contributed by atoms with van der Waals surface area (Å²) in [6, 6.07) is 11.2. The van der Waals surface area contributed by atoms with Gasteiger partial charge in [-0.15, -0.1) is 0 Å². The number of ketones is 1. The summed E-state index contributed by atoms with van der Waals surface area (Å²) in [6.07, 6.45) is 1.76. The summed E-state index contributed by atoms with van der Waals surface area (Å²) in [4.78, 5) is 14.8. The average Bonchev–Trinajstić information content (AvgIpc) is 2.85. The third kappa shape index (κ3) is 2.60. The Morgan fingerprint density at radius 2 is 1.75 bits per heavy atom. The van der Waals surface area contributed by atoms with Crippen LogP contribution in [-0.4, -0.2) is 10.8 Å². The number of aromatic amines is 1. The molecule has 1 N–H and O–H groups in total. The van der Waals surface area contributed by atoms with Gasteiger partial charge in [0, 0.05) is 11.8 Å². The number of benzene rings is 1. The van der Waals surface area contributed by atoms with E-state index in [0.29, 0.717) is 5.69 Å². The van der Waals surface area contributed by atoms with Crippen molar-refractivity contribution in [1.29, 1.82) is 0 Å². The van der Waals surface area contributed by atoms with E-state index in [1.807, 2.05) is 51.1 Å². The highest BCUT2D eigenvalue weighted by Crippen LogP contribution is 2.11. The van der Waals surface area contributed by atoms with E-state index in [9.17, 15) is 4.79 Å². The van der Waals surface area contributed by atoms with Crippen LogP contribution in [0.2, 0.25) is 0 Å². The minimum atomic E-state index is 0.0492. The Labute approximate surface area is 96.3 Å². The van der Waals surface area contributed by atoms with Gasteiger partial charge in [-0.1, -0.05) is 38.1 Å². The van der Waals surface area contributed by atoms with E-state index in [2.05, 4.69) is 4.98 Å². The van der Waals surface area contributed by atoms with E-state index in [0.717, 1.165) is 11.1 Å². The molecule has 0 amide bonds. The Bertz CT molecular complexity index is 444. The summed E-state index contributed by atoms with van der Waals surface area (Å²) in [5, 5.41) is 0. The largest absolute Gasteiger partial charge is 0.359 e. The zero-order valence-corrected chi connectivity index (χ0v) is 9.95. The SMILES string of the molecule is CC.Cc1ccccc1C(=O)c1ccc[nH]1. The number of carbonyl (C=O) groups is 1. The molecule has 2 heteroatoms. The first-order valence-electron chi connectivity index (χ1n) is 5.53. The highest BCUT2D eigenvalue weighted by atomic mass is 16.1. The Balaban J connectivity index is 0.000000606. The van der Waals surface area contributed by atoms with Crippen LogP contribution in [0.5, 0.6) is 0 Å². The number of aryl methyl sites for hydroxylation is 1. The van der Waals surface area contributed by atoms with Crippen molar-refractivity contribution in [2.75, 3.05) is 0 Å². The number of H-pyrrole nitrogens is 1. The van der Waals surface area contributed by atoms with Crippen LogP contribution in [0, 0.1) is 6.92 Å². The number of rotatable bonds is 2. The fourth-order valence-corrected chi connectivity index (χ4v) is 1.44. The van der Waals surface area contributed by atoms with E-state index in [-0.39, 0.29) is 5.78 Å². The molecule has 2 nitrogen and oxygen atoms in total.